The van der Waals surface area contributed by atoms with Crippen molar-refractivity contribution < 1.29 is 9.53 Å². The van der Waals surface area contributed by atoms with Gasteiger partial charge in [0.2, 0.25) is 0 Å². The summed E-state index contributed by atoms with van der Waals surface area (Å²) >= 11 is 0. The number of nitrogens with one attached hydrogen (secondary N) is 2. The molecule has 1 aliphatic heterocycles. The molecule has 5 heteroatoms. The lowest BCUT2D eigenvalue weighted by molar-refractivity contribution is 0.0922. The number of aromatic amines is 1. The lowest BCUT2D eigenvalue weighted by Gasteiger charge is -2.21. The SMILES string of the molecule is COc1ccc2[nH]c3c(c2c1)CC(CC#N)NC3=O. The second kappa shape index (κ2) is 4.32. The summed E-state index contributed by atoms with van der Waals surface area (Å²) in [5, 5.41) is 12.6. The highest BCUT2D eigenvalue weighted by Crippen LogP contribution is 2.30. The van der Waals surface area contributed by atoms with Crippen molar-refractivity contribution in [3.05, 3.63) is 29.5 Å². The first-order chi connectivity index (χ1) is 9.22. The van der Waals surface area contributed by atoms with E-state index in [0.717, 1.165) is 22.2 Å². The number of carbonyl (C=O) groups is 1. The number of amides is 1. The first-order valence-electron chi connectivity index (χ1n) is 6.09. The van der Waals surface area contributed by atoms with Gasteiger partial charge in [0.15, 0.2) is 0 Å². The van der Waals surface area contributed by atoms with Gasteiger partial charge in [0.1, 0.15) is 11.4 Å². The number of rotatable bonds is 2. The zero-order valence-corrected chi connectivity index (χ0v) is 10.5. The number of nitrogens with zero attached hydrogens (tertiary/aromatic N) is 1. The number of benzene rings is 1. The number of fused-ring (bicyclic) bond motifs is 3. The van der Waals surface area contributed by atoms with Crippen molar-refractivity contribution in [1.29, 1.82) is 5.26 Å². The largest absolute Gasteiger partial charge is 0.497 e. The van der Waals surface area contributed by atoms with Gasteiger partial charge in [0.05, 0.1) is 19.6 Å². The summed E-state index contributed by atoms with van der Waals surface area (Å²) < 4.78 is 5.22. The van der Waals surface area contributed by atoms with E-state index in [0.29, 0.717) is 18.5 Å². The molecule has 0 spiro atoms. The molecule has 2 aromatic rings. The van der Waals surface area contributed by atoms with Crippen LogP contribution in [0.3, 0.4) is 0 Å². The molecule has 2 N–H and O–H groups in total. The topological polar surface area (TPSA) is 77.9 Å². The molecule has 2 heterocycles. The summed E-state index contributed by atoms with van der Waals surface area (Å²) in [5.41, 5.74) is 2.48. The Kier molecular flexibility index (Phi) is 2.64. The van der Waals surface area contributed by atoms with Crippen LogP contribution in [-0.2, 0) is 6.42 Å². The zero-order valence-electron chi connectivity index (χ0n) is 10.5. The number of hydrogen-bond acceptors (Lipinski definition) is 3. The lowest BCUT2D eigenvalue weighted by Crippen LogP contribution is -2.40. The van der Waals surface area contributed by atoms with Gasteiger partial charge in [-0.2, -0.15) is 5.26 Å². The van der Waals surface area contributed by atoms with Crippen LogP contribution < -0.4 is 10.1 Å². The molecule has 1 atom stereocenters. The number of aromatic nitrogens is 1. The Bertz CT molecular complexity index is 697. The van der Waals surface area contributed by atoms with E-state index in [1.807, 2.05) is 18.2 Å². The van der Waals surface area contributed by atoms with Crippen LogP contribution in [0.5, 0.6) is 5.75 Å². The third-order valence-corrected chi connectivity index (χ3v) is 3.46. The Labute approximate surface area is 110 Å². The Morgan fingerprint density at radius 2 is 2.37 bits per heavy atom. The second-order valence-electron chi connectivity index (χ2n) is 4.63. The summed E-state index contributed by atoms with van der Waals surface area (Å²) in [6.07, 6.45) is 0.990. The van der Waals surface area contributed by atoms with Gasteiger partial charge in [-0.05, 0) is 30.2 Å². The van der Waals surface area contributed by atoms with E-state index in [4.69, 9.17) is 10.00 Å². The van der Waals surface area contributed by atoms with E-state index in [-0.39, 0.29) is 11.9 Å². The lowest BCUT2D eigenvalue weighted by atomic mass is 9.96. The number of ether oxygens (including phenoxy) is 1. The molecule has 1 aromatic heterocycles. The molecule has 96 valence electrons. The van der Waals surface area contributed by atoms with Gasteiger partial charge in [0.25, 0.3) is 5.91 Å². The van der Waals surface area contributed by atoms with E-state index in [2.05, 4.69) is 16.4 Å². The van der Waals surface area contributed by atoms with E-state index in [1.165, 1.54) is 0 Å². The van der Waals surface area contributed by atoms with Gasteiger partial charge in [-0.1, -0.05) is 0 Å². The van der Waals surface area contributed by atoms with Gasteiger partial charge < -0.3 is 15.0 Å². The quantitative estimate of drug-likeness (QED) is 0.858. The minimum absolute atomic E-state index is 0.116. The molecular weight excluding hydrogens is 242 g/mol. The predicted molar refractivity (Wildman–Crippen MR) is 70.0 cm³/mol. The fourth-order valence-corrected chi connectivity index (χ4v) is 2.55. The van der Waals surface area contributed by atoms with E-state index in [1.54, 1.807) is 7.11 Å². The van der Waals surface area contributed by atoms with Crippen LogP contribution in [0.4, 0.5) is 0 Å². The van der Waals surface area contributed by atoms with Crippen LogP contribution in [0.15, 0.2) is 18.2 Å². The standard InChI is InChI=1S/C14H13N3O2/c1-19-9-2-3-12-10(7-9)11-6-8(4-5-15)16-14(18)13(11)17-12/h2-3,7-8,17H,4,6H2,1H3,(H,16,18). The van der Waals surface area contributed by atoms with Crippen LogP contribution in [0.2, 0.25) is 0 Å². The first-order valence-corrected chi connectivity index (χ1v) is 6.09. The normalized spacial score (nSPS) is 17.7. The highest BCUT2D eigenvalue weighted by molar-refractivity contribution is 6.02. The third-order valence-electron chi connectivity index (χ3n) is 3.46. The summed E-state index contributed by atoms with van der Waals surface area (Å²) in [6.45, 7) is 0. The van der Waals surface area contributed by atoms with E-state index < -0.39 is 0 Å². The molecule has 1 unspecified atom stereocenters. The van der Waals surface area contributed by atoms with E-state index >= 15 is 0 Å². The van der Waals surface area contributed by atoms with Gasteiger partial charge in [-0.15, -0.1) is 0 Å². The third kappa shape index (κ3) is 1.82. The summed E-state index contributed by atoms with van der Waals surface area (Å²) in [4.78, 5) is 15.1. The number of nitriles is 1. The number of methoxy groups -OCH3 is 1. The molecule has 1 amide bonds. The highest BCUT2D eigenvalue weighted by Gasteiger charge is 2.27. The fraction of sp³-hybridized carbons (Fsp3) is 0.286. The molecule has 0 saturated heterocycles. The number of H-pyrrole nitrogens is 1. The Morgan fingerprint density at radius 3 is 3.11 bits per heavy atom. The molecule has 0 saturated carbocycles. The Hall–Kier alpha value is -2.48. The fourth-order valence-electron chi connectivity index (χ4n) is 2.55. The summed E-state index contributed by atoms with van der Waals surface area (Å²) in [5.74, 6) is 0.619. The van der Waals surface area contributed by atoms with Crippen molar-refractivity contribution in [3.8, 4) is 11.8 Å². The van der Waals surface area contributed by atoms with Crippen molar-refractivity contribution in [1.82, 2.24) is 10.3 Å². The van der Waals surface area contributed by atoms with E-state index in [9.17, 15) is 4.79 Å². The minimum atomic E-state index is -0.142. The average Bonchev–Trinajstić information content (AvgIpc) is 2.78. The van der Waals surface area contributed by atoms with Crippen molar-refractivity contribution >= 4 is 16.8 Å². The van der Waals surface area contributed by atoms with Crippen LogP contribution in [-0.4, -0.2) is 24.0 Å². The molecule has 19 heavy (non-hydrogen) atoms. The average molecular weight is 255 g/mol. The smallest absolute Gasteiger partial charge is 0.268 e. The Balaban J connectivity index is 2.13. The monoisotopic (exact) mass is 255 g/mol. The molecule has 0 bridgehead atoms. The van der Waals surface area contributed by atoms with Crippen molar-refractivity contribution in [2.45, 2.75) is 18.9 Å². The number of hydrogen-bond donors (Lipinski definition) is 2. The maximum atomic E-state index is 12.0. The molecular formula is C14H13N3O2. The highest BCUT2D eigenvalue weighted by atomic mass is 16.5. The molecule has 5 nitrogen and oxygen atoms in total. The maximum absolute atomic E-state index is 12.0. The molecule has 1 aromatic carbocycles. The molecule has 0 aliphatic carbocycles. The van der Waals surface area contributed by atoms with Gasteiger partial charge in [0, 0.05) is 16.9 Å². The minimum Gasteiger partial charge on any atom is -0.497 e. The van der Waals surface area contributed by atoms with Crippen LogP contribution in [0.25, 0.3) is 10.9 Å². The van der Waals surface area contributed by atoms with Gasteiger partial charge in [-0.25, -0.2) is 0 Å². The molecule has 3 rings (SSSR count). The predicted octanol–water partition coefficient (Wildman–Crippen LogP) is 1.74. The van der Waals surface area contributed by atoms with Crippen molar-refractivity contribution in [2.24, 2.45) is 0 Å². The summed E-state index contributed by atoms with van der Waals surface area (Å²) in [7, 11) is 1.62. The van der Waals surface area contributed by atoms with Crippen LogP contribution in [0, 0.1) is 11.3 Å². The summed E-state index contributed by atoms with van der Waals surface area (Å²) in [6, 6.07) is 7.67. The number of carbonyl (C=O) groups excluding carboxylic acids is 1. The van der Waals surface area contributed by atoms with Gasteiger partial charge >= 0.3 is 0 Å². The maximum Gasteiger partial charge on any atom is 0.268 e. The molecule has 0 fully saturated rings. The second-order valence-corrected chi connectivity index (χ2v) is 4.63. The van der Waals surface area contributed by atoms with Crippen LogP contribution in [0.1, 0.15) is 22.5 Å². The molecule has 0 radical (unpaired) electrons. The molecule has 1 aliphatic rings. The van der Waals surface area contributed by atoms with Crippen LogP contribution >= 0.6 is 0 Å². The van der Waals surface area contributed by atoms with Gasteiger partial charge in [-0.3, -0.25) is 4.79 Å². The Morgan fingerprint density at radius 1 is 1.53 bits per heavy atom. The zero-order chi connectivity index (χ0) is 13.4. The first kappa shape index (κ1) is 11.6. The van der Waals surface area contributed by atoms with Crippen molar-refractivity contribution in [3.63, 3.8) is 0 Å². The van der Waals surface area contributed by atoms with Crippen molar-refractivity contribution in [2.75, 3.05) is 7.11 Å².